The Morgan fingerprint density at radius 2 is 2.36 bits per heavy atom. The molecule has 1 rings (SSSR count). The number of ether oxygens (including phenoxy) is 1. The van der Waals surface area contributed by atoms with Gasteiger partial charge in [0.15, 0.2) is 0 Å². The first-order valence-corrected chi connectivity index (χ1v) is 5.73. The van der Waals surface area contributed by atoms with Crippen molar-refractivity contribution in [3.8, 4) is 0 Å². The van der Waals surface area contributed by atoms with Crippen molar-refractivity contribution in [1.29, 1.82) is 0 Å². The highest BCUT2D eigenvalue weighted by Gasteiger charge is 2.14. The van der Waals surface area contributed by atoms with Crippen molar-refractivity contribution in [1.82, 2.24) is 5.32 Å². The second kappa shape index (κ2) is 6.20. The van der Waals surface area contributed by atoms with Crippen molar-refractivity contribution in [2.75, 3.05) is 26.3 Å². The molecule has 0 saturated carbocycles. The molecule has 0 aromatic rings. The summed E-state index contributed by atoms with van der Waals surface area (Å²) >= 11 is 0. The molecule has 1 aliphatic heterocycles. The van der Waals surface area contributed by atoms with Crippen LogP contribution >= 0.6 is 0 Å². The van der Waals surface area contributed by atoms with Crippen LogP contribution in [0.25, 0.3) is 0 Å². The van der Waals surface area contributed by atoms with Crippen LogP contribution in [0.5, 0.6) is 0 Å². The molecule has 0 radical (unpaired) electrons. The highest BCUT2D eigenvalue weighted by Crippen LogP contribution is 2.19. The van der Waals surface area contributed by atoms with Gasteiger partial charge >= 0.3 is 0 Å². The van der Waals surface area contributed by atoms with Crippen LogP contribution in [0.15, 0.2) is 11.6 Å². The number of likely N-dealkylation sites (N-methyl/N-ethyl adjacent to an activating group) is 1. The minimum atomic E-state index is 0.648. The molecular weight excluding hydrogens is 174 g/mol. The highest BCUT2D eigenvalue weighted by atomic mass is 16.5. The Hall–Kier alpha value is -0.340. The van der Waals surface area contributed by atoms with Crippen molar-refractivity contribution in [2.45, 2.75) is 27.2 Å². The van der Waals surface area contributed by atoms with Crippen LogP contribution in [0.4, 0.5) is 0 Å². The van der Waals surface area contributed by atoms with E-state index in [0.29, 0.717) is 11.8 Å². The maximum Gasteiger partial charge on any atom is 0.0529 e. The van der Waals surface area contributed by atoms with Gasteiger partial charge in [0.05, 0.1) is 6.61 Å². The quantitative estimate of drug-likeness (QED) is 0.682. The van der Waals surface area contributed by atoms with E-state index in [2.05, 4.69) is 32.2 Å². The van der Waals surface area contributed by atoms with Crippen molar-refractivity contribution in [2.24, 2.45) is 11.8 Å². The Morgan fingerprint density at radius 1 is 1.57 bits per heavy atom. The maximum atomic E-state index is 5.38. The van der Waals surface area contributed by atoms with Gasteiger partial charge in [0.1, 0.15) is 0 Å². The van der Waals surface area contributed by atoms with Gasteiger partial charge in [0.2, 0.25) is 0 Å². The topological polar surface area (TPSA) is 21.3 Å². The molecule has 82 valence electrons. The van der Waals surface area contributed by atoms with Gasteiger partial charge in [0.25, 0.3) is 0 Å². The van der Waals surface area contributed by atoms with Gasteiger partial charge in [-0.05, 0) is 18.9 Å². The van der Waals surface area contributed by atoms with E-state index in [1.54, 1.807) is 0 Å². The first kappa shape index (κ1) is 11.7. The monoisotopic (exact) mass is 197 g/mol. The van der Waals surface area contributed by atoms with Gasteiger partial charge in [-0.3, -0.25) is 0 Å². The lowest BCUT2D eigenvalue weighted by Gasteiger charge is -2.14. The Bertz CT molecular complexity index is 181. The molecule has 0 amide bonds. The molecular formula is C12H23NO. The average molecular weight is 197 g/mol. The summed E-state index contributed by atoms with van der Waals surface area (Å²) in [6, 6.07) is 0. The van der Waals surface area contributed by atoms with Crippen molar-refractivity contribution in [3.05, 3.63) is 11.6 Å². The van der Waals surface area contributed by atoms with Gasteiger partial charge in [-0.1, -0.05) is 32.4 Å². The van der Waals surface area contributed by atoms with E-state index >= 15 is 0 Å². The minimum Gasteiger partial charge on any atom is -0.381 e. The van der Waals surface area contributed by atoms with Gasteiger partial charge in [-0.2, -0.15) is 0 Å². The zero-order valence-corrected chi connectivity index (χ0v) is 9.68. The predicted octanol–water partition coefficient (Wildman–Crippen LogP) is 2.21. The second-order valence-corrected chi connectivity index (χ2v) is 4.30. The summed E-state index contributed by atoms with van der Waals surface area (Å²) < 4.78 is 5.38. The minimum absolute atomic E-state index is 0.648. The zero-order chi connectivity index (χ0) is 10.4. The molecule has 0 bridgehead atoms. The smallest absolute Gasteiger partial charge is 0.0529 e. The van der Waals surface area contributed by atoms with Crippen LogP contribution in [0.2, 0.25) is 0 Å². The molecule has 1 saturated heterocycles. The predicted molar refractivity (Wildman–Crippen MR) is 60.4 cm³/mol. The van der Waals surface area contributed by atoms with Crippen LogP contribution < -0.4 is 5.32 Å². The van der Waals surface area contributed by atoms with E-state index in [-0.39, 0.29) is 0 Å². The van der Waals surface area contributed by atoms with Crippen molar-refractivity contribution in [3.63, 3.8) is 0 Å². The average Bonchev–Trinajstić information content (AvgIpc) is 2.64. The van der Waals surface area contributed by atoms with E-state index in [0.717, 1.165) is 26.3 Å². The van der Waals surface area contributed by atoms with Gasteiger partial charge in [-0.15, -0.1) is 0 Å². The van der Waals surface area contributed by atoms with Crippen LogP contribution in [0, 0.1) is 11.8 Å². The fourth-order valence-electron chi connectivity index (χ4n) is 1.71. The summed E-state index contributed by atoms with van der Waals surface area (Å²) in [5.74, 6) is 1.31. The van der Waals surface area contributed by atoms with Crippen LogP contribution in [-0.2, 0) is 4.74 Å². The van der Waals surface area contributed by atoms with E-state index in [4.69, 9.17) is 4.74 Å². The summed E-state index contributed by atoms with van der Waals surface area (Å²) in [4.78, 5) is 0. The first-order valence-electron chi connectivity index (χ1n) is 5.73. The fraction of sp³-hybridized carbons (Fsp3) is 0.833. The molecule has 2 nitrogen and oxygen atoms in total. The summed E-state index contributed by atoms with van der Waals surface area (Å²) in [6.45, 7) is 10.6. The number of rotatable bonds is 5. The number of hydrogen-bond acceptors (Lipinski definition) is 2. The molecule has 1 fully saturated rings. The third-order valence-corrected chi connectivity index (χ3v) is 2.74. The standard InChI is InChI=1S/C12H23NO/c1-4-13-8-12(10(2)3)7-11-5-6-14-9-11/h7,10-11,13H,4-6,8-9H2,1-3H3/b12-7+. The number of nitrogens with one attached hydrogen (secondary N) is 1. The fourth-order valence-corrected chi connectivity index (χ4v) is 1.71. The molecule has 1 unspecified atom stereocenters. The summed E-state index contributed by atoms with van der Waals surface area (Å²) in [5, 5.41) is 3.39. The Kier molecular flexibility index (Phi) is 5.20. The SMILES string of the molecule is CCNC/C(=C\C1CCOC1)C(C)C. The van der Waals surface area contributed by atoms with Crippen LogP contribution in [0.1, 0.15) is 27.2 Å². The molecule has 0 aromatic carbocycles. The van der Waals surface area contributed by atoms with Gasteiger partial charge in [-0.25, -0.2) is 0 Å². The lowest BCUT2D eigenvalue weighted by atomic mass is 9.97. The largest absolute Gasteiger partial charge is 0.381 e. The highest BCUT2D eigenvalue weighted by molar-refractivity contribution is 5.09. The first-order chi connectivity index (χ1) is 6.74. The molecule has 1 atom stereocenters. The lowest BCUT2D eigenvalue weighted by molar-refractivity contribution is 0.191. The van der Waals surface area contributed by atoms with E-state index < -0.39 is 0 Å². The van der Waals surface area contributed by atoms with Crippen molar-refractivity contribution < 1.29 is 4.74 Å². The van der Waals surface area contributed by atoms with Gasteiger partial charge < -0.3 is 10.1 Å². The third-order valence-electron chi connectivity index (χ3n) is 2.74. The maximum absolute atomic E-state index is 5.38. The molecule has 0 aliphatic carbocycles. The Balaban J connectivity index is 2.46. The summed E-state index contributed by atoms with van der Waals surface area (Å²) in [7, 11) is 0. The van der Waals surface area contributed by atoms with E-state index in [1.165, 1.54) is 12.0 Å². The molecule has 1 heterocycles. The van der Waals surface area contributed by atoms with E-state index in [9.17, 15) is 0 Å². The number of hydrogen-bond donors (Lipinski definition) is 1. The molecule has 0 aromatic heterocycles. The normalized spacial score (nSPS) is 23.4. The zero-order valence-electron chi connectivity index (χ0n) is 9.68. The molecule has 1 N–H and O–H groups in total. The van der Waals surface area contributed by atoms with Crippen LogP contribution in [-0.4, -0.2) is 26.3 Å². The molecule has 1 aliphatic rings. The Labute approximate surface area is 87.7 Å². The summed E-state index contributed by atoms with van der Waals surface area (Å²) in [6.07, 6.45) is 3.61. The lowest BCUT2D eigenvalue weighted by Crippen LogP contribution is -2.19. The van der Waals surface area contributed by atoms with E-state index in [1.807, 2.05) is 0 Å². The van der Waals surface area contributed by atoms with Gasteiger partial charge in [0, 0.05) is 19.1 Å². The molecule has 0 spiro atoms. The van der Waals surface area contributed by atoms with Crippen LogP contribution in [0.3, 0.4) is 0 Å². The third kappa shape index (κ3) is 3.81. The summed E-state index contributed by atoms with van der Waals surface area (Å²) in [5.41, 5.74) is 1.53. The Morgan fingerprint density at radius 3 is 2.86 bits per heavy atom. The van der Waals surface area contributed by atoms with Crippen molar-refractivity contribution >= 4 is 0 Å². The molecule has 2 heteroatoms. The second-order valence-electron chi connectivity index (χ2n) is 4.30. The molecule has 14 heavy (non-hydrogen) atoms.